The van der Waals surface area contributed by atoms with Crippen molar-refractivity contribution in [2.24, 2.45) is 0 Å². The summed E-state index contributed by atoms with van der Waals surface area (Å²) in [6.45, 7) is 9.39. The van der Waals surface area contributed by atoms with E-state index < -0.39 is 0 Å². The number of nitrogens with zero attached hydrogens (tertiary/aromatic N) is 2. The number of hydrogen-bond donors (Lipinski definition) is 1. The molecule has 0 spiro atoms. The first kappa shape index (κ1) is 21.0. The average molecular weight is 398 g/mol. The lowest BCUT2D eigenvalue weighted by Crippen LogP contribution is -2.25. The van der Waals surface area contributed by atoms with Crippen molar-refractivity contribution in [2.45, 2.75) is 58.8 Å². The highest BCUT2D eigenvalue weighted by molar-refractivity contribution is 5.73. The van der Waals surface area contributed by atoms with Crippen LogP contribution in [0.1, 0.15) is 52.1 Å². The number of anilines is 1. The molecule has 1 aromatic carbocycles. The zero-order valence-electron chi connectivity index (χ0n) is 17.7. The van der Waals surface area contributed by atoms with Crippen LogP contribution in [0.5, 0.6) is 11.5 Å². The number of pyridine rings is 1. The Morgan fingerprint density at radius 1 is 1.21 bits per heavy atom. The molecule has 0 bridgehead atoms. The van der Waals surface area contributed by atoms with Gasteiger partial charge in [-0.1, -0.05) is 19.1 Å². The van der Waals surface area contributed by atoms with Gasteiger partial charge in [-0.25, -0.2) is 4.98 Å². The van der Waals surface area contributed by atoms with Crippen LogP contribution in [0.25, 0.3) is 0 Å². The fourth-order valence-corrected chi connectivity index (χ4v) is 3.39. The van der Waals surface area contributed by atoms with Crippen LogP contribution in [-0.2, 0) is 4.79 Å². The quantitative estimate of drug-likeness (QED) is 0.726. The van der Waals surface area contributed by atoms with Gasteiger partial charge in [-0.2, -0.15) is 0 Å². The number of ether oxygens (including phenoxy) is 2. The smallest absolute Gasteiger partial charge is 0.217 e. The topological polar surface area (TPSA) is 63.7 Å². The monoisotopic (exact) mass is 397 g/mol. The first-order chi connectivity index (χ1) is 13.9. The molecule has 1 fully saturated rings. The van der Waals surface area contributed by atoms with Crippen molar-refractivity contribution >= 4 is 11.7 Å². The maximum Gasteiger partial charge on any atom is 0.217 e. The number of nitrogens with one attached hydrogen (secondary N) is 1. The Kier molecular flexibility index (Phi) is 6.96. The minimum Gasteiger partial charge on any atom is -0.489 e. The molecule has 0 aliphatic carbocycles. The molecule has 2 unspecified atom stereocenters. The minimum atomic E-state index is -0.0306. The third-order valence-electron chi connectivity index (χ3n) is 5.20. The van der Waals surface area contributed by atoms with Crippen LogP contribution in [-0.4, -0.2) is 36.2 Å². The molecule has 0 saturated carbocycles. The standard InChI is InChI=1S/C23H31N3O3/c1-5-16(2)28-21-10-11-23(24-14-21)26-13-12-22(15-26)29-20-8-6-19(7-9-20)17(3)25-18(4)27/h6-11,14,16-17,22H,5,12-13,15H2,1-4H3,(H,25,27)/t16?,17-,22?/m0/s1. The molecular formula is C23H31N3O3. The molecule has 1 N–H and O–H groups in total. The van der Waals surface area contributed by atoms with Gasteiger partial charge in [-0.05, 0) is 50.1 Å². The highest BCUT2D eigenvalue weighted by atomic mass is 16.5. The summed E-state index contributed by atoms with van der Waals surface area (Å²) in [4.78, 5) is 18.0. The van der Waals surface area contributed by atoms with Gasteiger partial charge in [0.25, 0.3) is 0 Å². The number of carbonyl (C=O) groups excluding carboxylic acids is 1. The van der Waals surface area contributed by atoms with Crippen LogP contribution in [0.4, 0.5) is 5.82 Å². The molecule has 6 heteroatoms. The highest BCUT2D eigenvalue weighted by Gasteiger charge is 2.25. The van der Waals surface area contributed by atoms with E-state index in [9.17, 15) is 4.79 Å². The van der Waals surface area contributed by atoms with E-state index in [1.165, 1.54) is 6.92 Å². The zero-order chi connectivity index (χ0) is 20.8. The summed E-state index contributed by atoms with van der Waals surface area (Å²) in [5.41, 5.74) is 1.06. The van der Waals surface area contributed by atoms with Crippen molar-refractivity contribution in [1.29, 1.82) is 0 Å². The van der Waals surface area contributed by atoms with Crippen LogP contribution in [0.3, 0.4) is 0 Å². The van der Waals surface area contributed by atoms with Gasteiger partial charge in [0.05, 0.1) is 24.9 Å². The molecule has 3 atom stereocenters. The van der Waals surface area contributed by atoms with Gasteiger partial charge in [-0.3, -0.25) is 4.79 Å². The van der Waals surface area contributed by atoms with Crippen molar-refractivity contribution in [3.63, 3.8) is 0 Å². The van der Waals surface area contributed by atoms with Crippen LogP contribution in [0.15, 0.2) is 42.6 Å². The van der Waals surface area contributed by atoms with Crippen molar-refractivity contribution in [2.75, 3.05) is 18.0 Å². The first-order valence-electron chi connectivity index (χ1n) is 10.4. The van der Waals surface area contributed by atoms with Gasteiger partial charge in [-0.15, -0.1) is 0 Å². The Labute approximate surface area is 173 Å². The normalized spacial score (nSPS) is 18.2. The predicted molar refractivity (Wildman–Crippen MR) is 115 cm³/mol. The van der Waals surface area contributed by atoms with Crippen molar-refractivity contribution in [1.82, 2.24) is 10.3 Å². The molecule has 6 nitrogen and oxygen atoms in total. The second-order valence-electron chi connectivity index (χ2n) is 7.65. The summed E-state index contributed by atoms with van der Waals surface area (Å²) >= 11 is 0. The Hall–Kier alpha value is -2.76. The number of benzene rings is 1. The van der Waals surface area contributed by atoms with Gasteiger partial charge >= 0.3 is 0 Å². The Balaban J connectivity index is 1.52. The number of aromatic nitrogens is 1. The summed E-state index contributed by atoms with van der Waals surface area (Å²) in [5.74, 6) is 2.58. The van der Waals surface area contributed by atoms with E-state index in [0.29, 0.717) is 0 Å². The van der Waals surface area contributed by atoms with Crippen LogP contribution in [0.2, 0.25) is 0 Å². The van der Waals surface area contributed by atoms with Gasteiger partial charge in [0, 0.05) is 19.9 Å². The van der Waals surface area contributed by atoms with E-state index in [1.54, 1.807) is 6.20 Å². The van der Waals surface area contributed by atoms with Crippen molar-refractivity contribution < 1.29 is 14.3 Å². The largest absolute Gasteiger partial charge is 0.489 e. The number of amides is 1. The maximum atomic E-state index is 11.2. The van der Waals surface area contributed by atoms with Crippen molar-refractivity contribution in [3.8, 4) is 11.5 Å². The van der Waals surface area contributed by atoms with Crippen LogP contribution >= 0.6 is 0 Å². The SMILES string of the molecule is CCC(C)Oc1ccc(N2CCC(Oc3ccc([C@H](C)NC(C)=O)cc3)C2)nc1. The summed E-state index contributed by atoms with van der Waals surface area (Å²) in [5, 5.41) is 2.89. The number of rotatable bonds is 8. The lowest BCUT2D eigenvalue weighted by molar-refractivity contribution is -0.119. The molecule has 156 valence electrons. The summed E-state index contributed by atoms with van der Waals surface area (Å²) in [7, 11) is 0. The molecule has 29 heavy (non-hydrogen) atoms. The molecule has 2 heterocycles. The second-order valence-corrected chi connectivity index (χ2v) is 7.65. The molecule has 1 saturated heterocycles. The van der Waals surface area contributed by atoms with Crippen LogP contribution in [0, 0.1) is 0 Å². The fraction of sp³-hybridized carbons (Fsp3) is 0.478. The number of carbonyl (C=O) groups is 1. The zero-order valence-corrected chi connectivity index (χ0v) is 17.7. The van der Waals surface area contributed by atoms with Gasteiger partial charge in [0.15, 0.2) is 0 Å². The highest BCUT2D eigenvalue weighted by Crippen LogP contribution is 2.25. The third-order valence-corrected chi connectivity index (χ3v) is 5.20. The van der Waals surface area contributed by atoms with Crippen molar-refractivity contribution in [3.05, 3.63) is 48.2 Å². The average Bonchev–Trinajstić information content (AvgIpc) is 3.17. The van der Waals surface area contributed by atoms with Gasteiger partial charge in [0.2, 0.25) is 5.91 Å². The summed E-state index contributed by atoms with van der Waals surface area (Å²) in [6, 6.07) is 11.9. The van der Waals surface area contributed by atoms with Gasteiger partial charge in [0.1, 0.15) is 23.4 Å². The minimum absolute atomic E-state index is 0.0122. The molecule has 1 amide bonds. The molecule has 0 radical (unpaired) electrons. The lowest BCUT2D eigenvalue weighted by atomic mass is 10.1. The predicted octanol–water partition coefficient (Wildman–Crippen LogP) is 4.11. The molecule has 1 aliphatic heterocycles. The van der Waals surface area contributed by atoms with E-state index in [0.717, 1.165) is 48.8 Å². The van der Waals surface area contributed by atoms with Gasteiger partial charge < -0.3 is 19.7 Å². The molecule has 2 aromatic rings. The van der Waals surface area contributed by atoms with E-state index in [2.05, 4.69) is 29.0 Å². The second kappa shape index (κ2) is 9.63. The molecule has 1 aliphatic rings. The summed E-state index contributed by atoms with van der Waals surface area (Å²) < 4.78 is 12.0. The Bertz CT molecular complexity index is 792. The number of hydrogen-bond acceptors (Lipinski definition) is 5. The molecule has 1 aromatic heterocycles. The lowest BCUT2D eigenvalue weighted by Gasteiger charge is -2.19. The summed E-state index contributed by atoms with van der Waals surface area (Å²) in [6.07, 6.45) is 4.05. The van der Waals surface area contributed by atoms with E-state index in [1.807, 2.05) is 43.3 Å². The first-order valence-corrected chi connectivity index (χ1v) is 10.4. The Morgan fingerprint density at radius 2 is 1.93 bits per heavy atom. The maximum absolute atomic E-state index is 11.2. The molecular weight excluding hydrogens is 366 g/mol. The van der Waals surface area contributed by atoms with E-state index >= 15 is 0 Å². The van der Waals surface area contributed by atoms with E-state index in [-0.39, 0.29) is 24.2 Å². The third kappa shape index (κ3) is 5.86. The van der Waals surface area contributed by atoms with E-state index in [4.69, 9.17) is 9.47 Å². The molecule has 3 rings (SSSR count). The Morgan fingerprint density at radius 3 is 2.55 bits per heavy atom. The van der Waals surface area contributed by atoms with Crippen LogP contribution < -0.4 is 19.7 Å². The fourth-order valence-electron chi connectivity index (χ4n) is 3.39.